The lowest BCUT2D eigenvalue weighted by molar-refractivity contribution is -0.123. The maximum Gasteiger partial charge on any atom is 0.276 e. The molecule has 0 aromatic heterocycles. The molecule has 0 saturated heterocycles. The predicted octanol–water partition coefficient (Wildman–Crippen LogP) is 3.23. The van der Waals surface area contributed by atoms with Crippen LogP contribution >= 0.6 is 44.1 Å². The zero-order valence-corrected chi connectivity index (χ0v) is 17.6. The summed E-state index contributed by atoms with van der Waals surface area (Å²) in [6.45, 7) is 1.67. The number of aryl methyl sites for hydroxylation is 1. The van der Waals surface area contributed by atoms with Gasteiger partial charge >= 0.3 is 0 Å². The molecule has 6 nitrogen and oxygen atoms in total. The molecular formula is C17H15Br2N3O3S. The van der Waals surface area contributed by atoms with Crippen LogP contribution in [0.4, 0.5) is 0 Å². The molecule has 0 saturated carbocycles. The highest BCUT2D eigenvalue weighted by Crippen LogP contribution is 2.27. The molecule has 0 unspecified atom stereocenters. The van der Waals surface area contributed by atoms with Gasteiger partial charge in [0.25, 0.3) is 11.8 Å². The minimum atomic E-state index is -0.452. The van der Waals surface area contributed by atoms with Crippen LogP contribution in [0, 0.1) is 6.92 Å². The number of nitrogens with one attached hydrogen (secondary N) is 3. The van der Waals surface area contributed by atoms with Gasteiger partial charge in [-0.15, -0.1) is 0 Å². The Kier molecular flexibility index (Phi) is 7.55. The van der Waals surface area contributed by atoms with E-state index in [1.54, 1.807) is 36.4 Å². The molecular weight excluding hydrogens is 486 g/mol. The Hall–Kier alpha value is -1.97. The van der Waals surface area contributed by atoms with Crippen molar-refractivity contribution >= 4 is 61.0 Å². The summed E-state index contributed by atoms with van der Waals surface area (Å²) in [6, 6.07) is 12.4. The first kappa shape index (κ1) is 20.3. The predicted molar refractivity (Wildman–Crippen MR) is 110 cm³/mol. The number of carbonyl (C=O) groups is 2. The van der Waals surface area contributed by atoms with Gasteiger partial charge in [0.05, 0.1) is 4.47 Å². The van der Waals surface area contributed by atoms with E-state index in [1.165, 1.54) is 0 Å². The molecule has 0 fully saturated rings. The van der Waals surface area contributed by atoms with Crippen molar-refractivity contribution in [3.05, 3.63) is 62.5 Å². The van der Waals surface area contributed by atoms with E-state index in [0.717, 1.165) is 10.0 Å². The second-order valence-corrected chi connectivity index (χ2v) is 7.37. The molecule has 0 spiro atoms. The van der Waals surface area contributed by atoms with Crippen molar-refractivity contribution in [3.63, 3.8) is 0 Å². The van der Waals surface area contributed by atoms with E-state index < -0.39 is 5.91 Å². The SMILES string of the molecule is Cc1cccc(C(=O)NC(=S)NNC(=O)COc2ccc(Br)cc2Br)c1. The summed E-state index contributed by atoms with van der Waals surface area (Å²) in [7, 11) is 0. The van der Waals surface area contributed by atoms with Gasteiger partial charge in [0, 0.05) is 10.0 Å². The van der Waals surface area contributed by atoms with Gasteiger partial charge in [-0.2, -0.15) is 0 Å². The summed E-state index contributed by atoms with van der Waals surface area (Å²) in [6.07, 6.45) is 0. The van der Waals surface area contributed by atoms with Crippen LogP contribution in [-0.2, 0) is 4.79 Å². The number of carbonyl (C=O) groups excluding carboxylic acids is 2. The zero-order valence-electron chi connectivity index (χ0n) is 13.6. The van der Waals surface area contributed by atoms with Crippen molar-refractivity contribution in [2.24, 2.45) is 0 Å². The highest BCUT2D eigenvalue weighted by atomic mass is 79.9. The molecule has 136 valence electrons. The summed E-state index contributed by atoms with van der Waals surface area (Å²) in [4.78, 5) is 23.8. The third kappa shape index (κ3) is 6.40. The highest BCUT2D eigenvalue weighted by molar-refractivity contribution is 9.11. The Bertz CT molecular complexity index is 846. The van der Waals surface area contributed by atoms with E-state index in [9.17, 15) is 9.59 Å². The van der Waals surface area contributed by atoms with E-state index in [2.05, 4.69) is 48.0 Å². The van der Waals surface area contributed by atoms with Crippen molar-refractivity contribution in [2.75, 3.05) is 6.61 Å². The molecule has 2 amide bonds. The zero-order chi connectivity index (χ0) is 19.1. The van der Waals surface area contributed by atoms with Crippen molar-refractivity contribution in [1.82, 2.24) is 16.2 Å². The highest BCUT2D eigenvalue weighted by Gasteiger charge is 2.09. The third-order valence-corrected chi connectivity index (χ3v) is 4.39. The monoisotopic (exact) mass is 499 g/mol. The summed E-state index contributed by atoms with van der Waals surface area (Å²) in [5, 5.41) is 2.46. The first-order valence-corrected chi connectivity index (χ1v) is 9.39. The second-order valence-electron chi connectivity index (χ2n) is 5.19. The number of halogens is 2. The molecule has 0 aliphatic heterocycles. The standard InChI is InChI=1S/C17H15Br2N3O3S/c1-10-3-2-4-11(7-10)16(24)20-17(26)22-21-15(23)9-25-14-6-5-12(18)8-13(14)19/h2-8H,9H2,1H3,(H,21,23)(H2,20,22,24,26). The first-order chi connectivity index (χ1) is 12.3. The van der Waals surface area contributed by atoms with Gasteiger partial charge in [0.2, 0.25) is 0 Å². The molecule has 26 heavy (non-hydrogen) atoms. The van der Waals surface area contributed by atoms with Gasteiger partial charge in [0.15, 0.2) is 11.7 Å². The first-order valence-electron chi connectivity index (χ1n) is 7.40. The van der Waals surface area contributed by atoms with E-state index in [4.69, 9.17) is 17.0 Å². The van der Waals surface area contributed by atoms with E-state index in [-0.39, 0.29) is 17.6 Å². The van der Waals surface area contributed by atoms with Crippen molar-refractivity contribution in [1.29, 1.82) is 0 Å². The average molecular weight is 501 g/mol. The molecule has 3 N–H and O–H groups in total. The molecule has 0 aliphatic carbocycles. The Morgan fingerprint density at radius 1 is 1.12 bits per heavy atom. The van der Waals surface area contributed by atoms with Crippen molar-refractivity contribution in [2.45, 2.75) is 6.92 Å². The van der Waals surface area contributed by atoms with Gasteiger partial charge < -0.3 is 4.74 Å². The lowest BCUT2D eigenvalue weighted by atomic mass is 10.1. The molecule has 2 aromatic carbocycles. The van der Waals surface area contributed by atoms with Crippen LogP contribution in [0.2, 0.25) is 0 Å². The van der Waals surface area contributed by atoms with Gasteiger partial charge in [0.1, 0.15) is 5.75 Å². The van der Waals surface area contributed by atoms with Gasteiger partial charge in [-0.05, 0) is 65.4 Å². The summed E-state index contributed by atoms with van der Waals surface area (Å²) in [5.41, 5.74) is 6.25. The molecule has 0 aliphatic rings. The molecule has 2 aromatic rings. The fourth-order valence-electron chi connectivity index (χ4n) is 1.89. The lowest BCUT2D eigenvalue weighted by Gasteiger charge is -2.12. The van der Waals surface area contributed by atoms with Crippen LogP contribution in [0.25, 0.3) is 0 Å². The molecule has 2 rings (SSSR count). The Morgan fingerprint density at radius 3 is 2.58 bits per heavy atom. The van der Waals surface area contributed by atoms with Gasteiger partial charge in [-0.3, -0.25) is 25.8 Å². The lowest BCUT2D eigenvalue weighted by Crippen LogP contribution is -2.49. The summed E-state index contributed by atoms with van der Waals surface area (Å²) < 4.78 is 7.00. The molecule has 0 heterocycles. The van der Waals surface area contributed by atoms with Crippen LogP contribution < -0.4 is 20.9 Å². The average Bonchev–Trinajstić information content (AvgIpc) is 2.59. The number of thiocarbonyl (C=S) groups is 1. The molecule has 9 heteroatoms. The minimum Gasteiger partial charge on any atom is -0.483 e. The Balaban J connectivity index is 1.76. The Labute approximate surface area is 172 Å². The maximum atomic E-state index is 12.0. The number of benzene rings is 2. The van der Waals surface area contributed by atoms with Crippen molar-refractivity contribution in [3.8, 4) is 5.75 Å². The van der Waals surface area contributed by atoms with Gasteiger partial charge in [-0.1, -0.05) is 33.6 Å². The van der Waals surface area contributed by atoms with Crippen LogP contribution in [0.15, 0.2) is 51.4 Å². The summed E-state index contributed by atoms with van der Waals surface area (Å²) in [5.74, 6) is -0.291. The number of ether oxygens (including phenoxy) is 1. The number of rotatable bonds is 4. The van der Waals surface area contributed by atoms with Crippen molar-refractivity contribution < 1.29 is 14.3 Å². The number of amides is 2. The van der Waals surface area contributed by atoms with Crippen LogP contribution in [-0.4, -0.2) is 23.5 Å². The smallest absolute Gasteiger partial charge is 0.276 e. The number of hydrogen-bond donors (Lipinski definition) is 3. The van der Waals surface area contributed by atoms with E-state index in [1.807, 2.05) is 13.0 Å². The van der Waals surface area contributed by atoms with E-state index >= 15 is 0 Å². The quantitative estimate of drug-likeness (QED) is 0.443. The van der Waals surface area contributed by atoms with Gasteiger partial charge in [-0.25, -0.2) is 0 Å². The Morgan fingerprint density at radius 2 is 1.88 bits per heavy atom. The normalized spacial score (nSPS) is 9.96. The largest absolute Gasteiger partial charge is 0.483 e. The minimum absolute atomic E-state index is 0.0188. The third-order valence-electron chi connectivity index (χ3n) is 3.08. The maximum absolute atomic E-state index is 12.0. The fourth-order valence-corrected chi connectivity index (χ4v) is 3.20. The van der Waals surface area contributed by atoms with Crippen LogP contribution in [0.1, 0.15) is 15.9 Å². The number of hydrogen-bond acceptors (Lipinski definition) is 4. The van der Waals surface area contributed by atoms with Crippen LogP contribution in [0.5, 0.6) is 5.75 Å². The molecule has 0 radical (unpaired) electrons. The molecule has 0 atom stereocenters. The number of hydrazine groups is 1. The topological polar surface area (TPSA) is 79.5 Å². The van der Waals surface area contributed by atoms with E-state index in [0.29, 0.717) is 15.8 Å². The fraction of sp³-hybridized carbons (Fsp3) is 0.118. The van der Waals surface area contributed by atoms with Crippen LogP contribution in [0.3, 0.4) is 0 Å². The second kappa shape index (κ2) is 9.65. The summed E-state index contributed by atoms with van der Waals surface area (Å²) >= 11 is 11.7. The molecule has 0 bridgehead atoms.